The zero-order valence-electron chi connectivity index (χ0n) is 13.8. The largest absolute Gasteiger partial charge is 0.481 e. The van der Waals surface area contributed by atoms with Crippen molar-refractivity contribution in [2.24, 2.45) is 0 Å². The molecule has 1 atom stereocenters. The highest BCUT2D eigenvalue weighted by Crippen LogP contribution is 2.15. The molecule has 0 bridgehead atoms. The Morgan fingerprint density at radius 2 is 1.92 bits per heavy atom. The molecule has 1 unspecified atom stereocenters. The zero-order chi connectivity index (χ0) is 16.8. The van der Waals surface area contributed by atoms with Crippen molar-refractivity contribution in [1.29, 1.82) is 0 Å². The summed E-state index contributed by atoms with van der Waals surface area (Å²) in [5.41, 5.74) is 0. The second kappa shape index (κ2) is 7.77. The number of hydrogen-bond donors (Lipinski definition) is 0. The van der Waals surface area contributed by atoms with Crippen molar-refractivity contribution in [3.05, 3.63) is 48.7 Å². The molecular formula is C18H22N4O2. The van der Waals surface area contributed by atoms with E-state index in [9.17, 15) is 4.79 Å². The van der Waals surface area contributed by atoms with Crippen LogP contribution in [0.4, 0.5) is 5.82 Å². The summed E-state index contributed by atoms with van der Waals surface area (Å²) in [4.78, 5) is 16.7. The molecule has 126 valence electrons. The molecule has 2 aromatic rings. The maximum absolute atomic E-state index is 12.7. The van der Waals surface area contributed by atoms with Crippen LogP contribution in [0.25, 0.3) is 0 Å². The number of aromatic nitrogens is 2. The highest BCUT2D eigenvalue weighted by molar-refractivity contribution is 5.81. The van der Waals surface area contributed by atoms with E-state index in [0.29, 0.717) is 12.3 Å². The average molecular weight is 326 g/mol. The standard InChI is InChI=1S/C18H22N4O2/c1-15(24-16-7-3-2-4-8-16)18(23)22-12-6-11-21(13-14-22)17-9-5-10-19-20-17/h2-5,7-10,15H,6,11-14H2,1H3. The van der Waals surface area contributed by atoms with Gasteiger partial charge in [0, 0.05) is 32.4 Å². The first-order chi connectivity index (χ1) is 11.7. The molecule has 6 heteroatoms. The molecular weight excluding hydrogens is 304 g/mol. The number of amides is 1. The SMILES string of the molecule is CC(Oc1ccccc1)C(=O)N1CCCN(c2cccnn2)CC1. The minimum atomic E-state index is -0.490. The minimum absolute atomic E-state index is 0.0276. The number of ether oxygens (including phenoxy) is 1. The van der Waals surface area contributed by atoms with Crippen molar-refractivity contribution in [3.8, 4) is 5.75 Å². The lowest BCUT2D eigenvalue weighted by Gasteiger charge is -2.25. The first kappa shape index (κ1) is 16.2. The van der Waals surface area contributed by atoms with Crippen molar-refractivity contribution >= 4 is 11.7 Å². The average Bonchev–Trinajstić information content (AvgIpc) is 2.89. The van der Waals surface area contributed by atoms with E-state index < -0.39 is 6.10 Å². The van der Waals surface area contributed by atoms with Gasteiger partial charge in [0.2, 0.25) is 0 Å². The molecule has 0 saturated carbocycles. The fraction of sp³-hybridized carbons (Fsp3) is 0.389. The fourth-order valence-electron chi connectivity index (χ4n) is 2.84. The summed E-state index contributed by atoms with van der Waals surface area (Å²) < 4.78 is 5.75. The Morgan fingerprint density at radius 1 is 1.08 bits per heavy atom. The molecule has 1 aliphatic rings. The molecule has 0 spiro atoms. The number of anilines is 1. The Labute approximate surface area is 142 Å². The molecule has 2 heterocycles. The van der Waals surface area contributed by atoms with E-state index in [0.717, 1.165) is 31.9 Å². The van der Waals surface area contributed by atoms with Crippen LogP contribution in [-0.2, 0) is 4.79 Å². The molecule has 1 fully saturated rings. The van der Waals surface area contributed by atoms with Crippen LogP contribution in [0.2, 0.25) is 0 Å². The summed E-state index contributed by atoms with van der Waals surface area (Å²) in [6.45, 7) is 4.83. The van der Waals surface area contributed by atoms with E-state index in [2.05, 4.69) is 15.1 Å². The smallest absolute Gasteiger partial charge is 0.263 e. The van der Waals surface area contributed by atoms with Crippen molar-refractivity contribution in [2.45, 2.75) is 19.4 Å². The van der Waals surface area contributed by atoms with E-state index in [-0.39, 0.29) is 5.91 Å². The van der Waals surface area contributed by atoms with Gasteiger partial charge in [-0.05, 0) is 37.6 Å². The summed E-state index contributed by atoms with van der Waals surface area (Å²) in [5.74, 6) is 1.61. The number of para-hydroxylation sites is 1. The number of hydrogen-bond acceptors (Lipinski definition) is 5. The van der Waals surface area contributed by atoms with Gasteiger partial charge < -0.3 is 14.5 Å². The quantitative estimate of drug-likeness (QED) is 0.860. The van der Waals surface area contributed by atoms with Crippen LogP contribution in [-0.4, -0.2) is 53.3 Å². The van der Waals surface area contributed by atoms with Gasteiger partial charge >= 0.3 is 0 Å². The molecule has 1 saturated heterocycles. The third-order valence-electron chi connectivity index (χ3n) is 4.09. The molecule has 0 aliphatic carbocycles. The number of carbonyl (C=O) groups excluding carboxylic acids is 1. The van der Waals surface area contributed by atoms with Gasteiger partial charge in [0.1, 0.15) is 5.75 Å². The van der Waals surface area contributed by atoms with E-state index >= 15 is 0 Å². The minimum Gasteiger partial charge on any atom is -0.481 e. The van der Waals surface area contributed by atoms with Crippen LogP contribution < -0.4 is 9.64 Å². The molecule has 6 nitrogen and oxygen atoms in total. The Hall–Kier alpha value is -2.63. The molecule has 1 amide bonds. The molecule has 24 heavy (non-hydrogen) atoms. The fourth-order valence-corrected chi connectivity index (χ4v) is 2.84. The van der Waals surface area contributed by atoms with Crippen molar-refractivity contribution in [3.63, 3.8) is 0 Å². The molecule has 0 N–H and O–H groups in total. The number of benzene rings is 1. The van der Waals surface area contributed by atoms with E-state index in [4.69, 9.17) is 4.74 Å². The van der Waals surface area contributed by atoms with Gasteiger partial charge in [-0.15, -0.1) is 5.10 Å². The monoisotopic (exact) mass is 326 g/mol. The predicted molar refractivity (Wildman–Crippen MR) is 92.0 cm³/mol. The van der Waals surface area contributed by atoms with E-state index in [1.54, 1.807) is 13.1 Å². The van der Waals surface area contributed by atoms with E-state index in [1.165, 1.54) is 0 Å². The Balaban J connectivity index is 1.58. The molecule has 0 radical (unpaired) electrons. The third kappa shape index (κ3) is 4.01. The second-order valence-electron chi connectivity index (χ2n) is 5.82. The van der Waals surface area contributed by atoms with Gasteiger partial charge in [0.15, 0.2) is 11.9 Å². The Morgan fingerprint density at radius 3 is 2.67 bits per heavy atom. The predicted octanol–water partition coefficient (Wildman–Crippen LogP) is 1.98. The molecule has 1 aromatic heterocycles. The summed E-state index contributed by atoms with van der Waals surface area (Å²) in [6.07, 6.45) is 2.08. The van der Waals surface area contributed by atoms with Gasteiger partial charge in [0.25, 0.3) is 5.91 Å². The first-order valence-electron chi connectivity index (χ1n) is 8.27. The van der Waals surface area contributed by atoms with Crippen LogP contribution in [0.3, 0.4) is 0 Å². The highest BCUT2D eigenvalue weighted by Gasteiger charge is 2.25. The molecule has 1 aromatic carbocycles. The number of rotatable bonds is 4. The zero-order valence-corrected chi connectivity index (χ0v) is 13.8. The summed E-state index contributed by atoms with van der Waals surface area (Å²) >= 11 is 0. The third-order valence-corrected chi connectivity index (χ3v) is 4.09. The summed E-state index contributed by atoms with van der Waals surface area (Å²) in [7, 11) is 0. The van der Waals surface area contributed by atoms with Gasteiger partial charge in [-0.3, -0.25) is 4.79 Å². The van der Waals surface area contributed by atoms with Crippen LogP contribution >= 0.6 is 0 Å². The van der Waals surface area contributed by atoms with Gasteiger partial charge in [-0.25, -0.2) is 0 Å². The summed E-state index contributed by atoms with van der Waals surface area (Å²) in [6, 6.07) is 13.3. The van der Waals surface area contributed by atoms with Crippen molar-refractivity contribution < 1.29 is 9.53 Å². The lowest BCUT2D eigenvalue weighted by Crippen LogP contribution is -2.42. The van der Waals surface area contributed by atoms with Crippen LogP contribution in [0.1, 0.15) is 13.3 Å². The normalized spacial score (nSPS) is 16.4. The second-order valence-corrected chi connectivity index (χ2v) is 5.82. The molecule has 1 aliphatic heterocycles. The maximum Gasteiger partial charge on any atom is 0.263 e. The first-order valence-corrected chi connectivity index (χ1v) is 8.27. The molecule has 3 rings (SSSR count). The van der Waals surface area contributed by atoms with Gasteiger partial charge in [-0.1, -0.05) is 18.2 Å². The highest BCUT2D eigenvalue weighted by atomic mass is 16.5. The summed E-state index contributed by atoms with van der Waals surface area (Å²) in [5, 5.41) is 8.08. The van der Waals surface area contributed by atoms with Gasteiger partial charge in [-0.2, -0.15) is 5.10 Å². The van der Waals surface area contributed by atoms with Crippen LogP contribution in [0.5, 0.6) is 5.75 Å². The van der Waals surface area contributed by atoms with Crippen LogP contribution in [0, 0.1) is 0 Å². The Kier molecular flexibility index (Phi) is 5.25. The maximum atomic E-state index is 12.7. The van der Waals surface area contributed by atoms with E-state index in [1.807, 2.05) is 47.4 Å². The lowest BCUT2D eigenvalue weighted by molar-refractivity contribution is -0.137. The van der Waals surface area contributed by atoms with Crippen molar-refractivity contribution in [2.75, 3.05) is 31.1 Å². The van der Waals surface area contributed by atoms with Gasteiger partial charge in [0.05, 0.1) is 0 Å². The number of carbonyl (C=O) groups is 1. The topological polar surface area (TPSA) is 58.6 Å². The lowest BCUT2D eigenvalue weighted by atomic mass is 10.3. The van der Waals surface area contributed by atoms with Crippen molar-refractivity contribution in [1.82, 2.24) is 15.1 Å². The Bertz CT molecular complexity index is 651. The van der Waals surface area contributed by atoms with Crippen LogP contribution in [0.15, 0.2) is 48.7 Å². The number of nitrogens with zero attached hydrogens (tertiary/aromatic N) is 4.